The minimum absolute atomic E-state index is 0.0210. The van der Waals surface area contributed by atoms with Crippen LogP contribution in [-0.4, -0.2) is 50.4 Å². The van der Waals surface area contributed by atoms with Gasteiger partial charge in [0.2, 0.25) is 5.91 Å². The number of hydrogen-bond acceptors (Lipinski definition) is 6. The highest BCUT2D eigenvalue weighted by molar-refractivity contribution is 5.80. The molecule has 2 aromatic heterocycles. The lowest BCUT2D eigenvalue weighted by Crippen LogP contribution is -2.43. The van der Waals surface area contributed by atoms with Crippen molar-refractivity contribution in [1.29, 1.82) is 0 Å². The molecule has 2 N–H and O–H groups in total. The fourth-order valence-electron chi connectivity index (χ4n) is 4.02. The Morgan fingerprint density at radius 1 is 1.28 bits per heavy atom. The molecule has 1 aliphatic heterocycles. The number of aromatic nitrogens is 5. The lowest BCUT2D eigenvalue weighted by atomic mass is 9.78. The first-order valence-corrected chi connectivity index (χ1v) is 8.99. The zero-order valence-electron chi connectivity index (χ0n) is 14.1. The third-order valence-electron chi connectivity index (χ3n) is 5.30. The second-order valence-electron chi connectivity index (χ2n) is 6.89. The number of nitrogens with zero attached hydrogens (tertiary/aromatic N) is 5. The minimum Gasteiger partial charge on any atom is -0.353 e. The van der Waals surface area contributed by atoms with Gasteiger partial charge < -0.3 is 10.2 Å². The van der Waals surface area contributed by atoms with Crippen LogP contribution in [-0.2, 0) is 4.79 Å². The highest BCUT2D eigenvalue weighted by Crippen LogP contribution is 2.36. The van der Waals surface area contributed by atoms with Gasteiger partial charge in [-0.3, -0.25) is 9.89 Å². The molecule has 8 nitrogen and oxygen atoms in total. The number of amides is 1. The van der Waals surface area contributed by atoms with E-state index in [1.54, 1.807) is 6.20 Å². The molecule has 0 bridgehead atoms. The summed E-state index contributed by atoms with van der Waals surface area (Å²) in [7, 11) is 0. The van der Waals surface area contributed by atoms with Gasteiger partial charge in [-0.2, -0.15) is 10.2 Å². The Kier molecular flexibility index (Phi) is 4.58. The lowest BCUT2D eigenvalue weighted by Gasteiger charge is -2.30. The van der Waals surface area contributed by atoms with Gasteiger partial charge in [-0.1, -0.05) is 12.8 Å². The van der Waals surface area contributed by atoms with Crippen molar-refractivity contribution in [1.82, 2.24) is 30.7 Å². The first kappa shape index (κ1) is 16.0. The number of hydrogen-bond donors (Lipinski definition) is 2. The molecule has 0 spiro atoms. The molecule has 132 valence electrons. The van der Waals surface area contributed by atoms with Gasteiger partial charge in [0.15, 0.2) is 5.82 Å². The van der Waals surface area contributed by atoms with E-state index in [1.807, 2.05) is 12.1 Å². The molecular formula is C17H23N7O. The van der Waals surface area contributed by atoms with Crippen LogP contribution in [0.5, 0.6) is 0 Å². The number of carbonyl (C=O) groups is 1. The third kappa shape index (κ3) is 3.47. The largest absolute Gasteiger partial charge is 0.353 e. The van der Waals surface area contributed by atoms with Crippen LogP contribution in [0, 0.1) is 5.92 Å². The normalized spacial score (nSPS) is 26.6. The standard InChI is InChI=1S/C17H23N7O/c25-17(14-5-2-1-4-13(14)16-18-11-20-23-16)21-12-7-9-24(10-12)15-6-3-8-19-22-15/h3,6,8,11-14H,1-2,4-5,7,9-10H2,(H,21,25)(H,18,20,23)/t12?,13-,14+/m0/s1. The fraction of sp³-hybridized carbons (Fsp3) is 0.588. The Morgan fingerprint density at radius 3 is 3.00 bits per heavy atom. The number of rotatable bonds is 4. The molecule has 1 unspecified atom stereocenters. The van der Waals surface area contributed by atoms with E-state index in [9.17, 15) is 4.79 Å². The highest BCUT2D eigenvalue weighted by atomic mass is 16.2. The summed E-state index contributed by atoms with van der Waals surface area (Å²) in [5, 5.41) is 18.2. The summed E-state index contributed by atoms with van der Waals surface area (Å²) in [6, 6.07) is 4.00. The zero-order chi connectivity index (χ0) is 17.1. The summed E-state index contributed by atoms with van der Waals surface area (Å²) in [6.07, 6.45) is 8.27. The Balaban J connectivity index is 1.38. The van der Waals surface area contributed by atoms with E-state index >= 15 is 0 Å². The molecule has 0 radical (unpaired) electrons. The molecule has 2 aliphatic rings. The van der Waals surface area contributed by atoms with Crippen molar-refractivity contribution in [3.8, 4) is 0 Å². The highest BCUT2D eigenvalue weighted by Gasteiger charge is 2.35. The molecule has 2 fully saturated rings. The Hall–Kier alpha value is -2.51. The van der Waals surface area contributed by atoms with Crippen LogP contribution >= 0.6 is 0 Å². The molecule has 2 aromatic rings. The van der Waals surface area contributed by atoms with E-state index in [4.69, 9.17) is 0 Å². The second-order valence-corrected chi connectivity index (χ2v) is 6.89. The summed E-state index contributed by atoms with van der Waals surface area (Å²) in [5.41, 5.74) is 0. The Morgan fingerprint density at radius 2 is 2.20 bits per heavy atom. The van der Waals surface area contributed by atoms with Crippen LogP contribution in [0.25, 0.3) is 0 Å². The molecule has 3 heterocycles. The number of anilines is 1. The summed E-state index contributed by atoms with van der Waals surface area (Å²) < 4.78 is 0. The first-order valence-electron chi connectivity index (χ1n) is 8.99. The van der Waals surface area contributed by atoms with Crippen molar-refractivity contribution in [2.45, 2.75) is 44.1 Å². The smallest absolute Gasteiger partial charge is 0.224 e. The summed E-state index contributed by atoms with van der Waals surface area (Å²) in [6.45, 7) is 1.67. The van der Waals surface area contributed by atoms with Gasteiger partial charge in [0.25, 0.3) is 0 Å². The molecule has 0 aromatic carbocycles. The van der Waals surface area contributed by atoms with Crippen LogP contribution in [0.2, 0.25) is 0 Å². The summed E-state index contributed by atoms with van der Waals surface area (Å²) in [4.78, 5) is 19.3. The van der Waals surface area contributed by atoms with Crippen LogP contribution in [0.3, 0.4) is 0 Å². The molecule has 1 aliphatic carbocycles. The molecule has 25 heavy (non-hydrogen) atoms. The number of H-pyrrole nitrogens is 1. The molecule has 1 saturated heterocycles. The van der Waals surface area contributed by atoms with E-state index in [-0.39, 0.29) is 23.8 Å². The van der Waals surface area contributed by atoms with Gasteiger partial charge in [-0.15, -0.1) is 5.10 Å². The van der Waals surface area contributed by atoms with Crippen molar-refractivity contribution in [2.24, 2.45) is 5.92 Å². The predicted octanol–water partition coefficient (Wildman–Crippen LogP) is 1.26. The fourth-order valence-corrected chi connectivity index (χ4v) is 4.02. The van der Waals surface area contributed by atoms with Gasteiger partial charge in [0.05, 0.1) is 0 Å². The van der Waals surface area contributed by atoms with Gasteiger partial charge in [0, 0.05) is 37.2 Å². The number of carbonyl (C=O) groups excluding carboxylic acids is 1. The first-order chi connectivity index (χ1) is 12.3. The topological polar surface area (TPSA) is 99.7 Å². The molecule has 4 rings (SSSR count). The zero-order valence-corrected chi connectivity index (χ0v) is 14.1. The maximum Gasteiger partial charge on any atom is 0.224 e. The van der Waals surface area contributed by atoms with Gasteiger partial charge in [-0.25, -0.2) is 4.98 Å². The maximum absolute atomic E-state index is 12.9. The predicted molar refractivity (Wildman–Crippen MR) is 91.9 cm³/mol. The lowest BCUT2D eigenvalue weighted by molar-refractivity contribution is -0.127. The van der Waals surface area contributed by atoms with Crippen LogP contribution < -0.4 is 10.2 Å². The van der Waals surface area contributed by atoms with Crippen molar-refractivity contribution >= 4 is 11.7 Å². The number of aromatic amines is 1. The summed E-state index contributed by atoms with van der Waals surface area (Å²) in [5.74, 6) is 1.98. The van der Waals surface area contributed by atoms with Gasteiger partial charge in [0.1, 0.15) is 12.2 Å². The van der Waals surface area contributed by atoms with Crippen LogP contribution in [0.15, 0.2) is 24.7 Å². The van der Waals surface area contributed by atoms with E-state index in [0.717, 1.165) is 56.8 Å². The average molecular weight is 341 g/mol. The van der Waals surface area contributed by atoms with Crippen molar-refractivity contribution in [3.63, 3.8) is 0 Å². The Bertz CT molecular complexity index is 690. The molecule has 1 amide bonds. The summed E-state index contributed by atoms with van der Waals surface area (Å²) >= 11 is 0. The second kappa shape index (κ2) is 7.16. The van der Waals surface area contributed by atoms with E-state index in [1.165, 1.54) is 6.33 Å². The quantitative estimate of drug-likeness (QED) is 0.868. The van der Waals surface area contributed by atoms with Gasteiger partial charge >= 0.3 is 0 Å². The number of nitrogens with one attached hydrogen (secondary N) is 2. The van der Waals surface area contributed by atoms with Crippen LogP contribution in [0.1, 0.15) is 43.8 Å². The third-order valence-corrected chi connectivity index (χ3v) is 5.30. The SMILES string of the molecule is O=C(NC1CCN(c2cccnn2)C1)[C@@H]1CCCC[C@@H]1c1ncn[nH]1. The molecule has 3 atom stereocenters. The van der Waals surface area contributed by atoms with E-state index < -0.39 is 0 Å². The molecular weight excluding hydrogens is 318 g/mol. The average Bonchev–Trinajstić information content (AvgIpc) is 3.34. The maximum atomic E-state index is 12.9. The van der Waals surface area contributed by atoms with Crippen molar-refractivity contribution < 1.29 is 4.79 Å². The van der Waals surface area contributed by atoms with E-state index in [0.29, 0.717) is 0 Å². The minimum atomic E-state index is -0.0210. The van der Waals surface area contributed by atoms with Crippen molar-refractivity contribution in [2.75, 3.05) is 18.0 Å². The Labute approximate surface area is 146 Å². The molecule has 1 saturated carbocycles. The van der Waals surface area contributed by atoms with Crippen LogP contribution in [0.4, 0.5) is 5.82 Å². The van der Waals surface area contributed by atoms with E-state index in [2.05, 4.69) is 35.6 Å². The van der Waals surface area contributed by atoms with Gasteiger partial charge in [-0.05, 0) is 31.4 Å². The monoisotopic (exact) mass is 341 g/mol. The van der Waals surface area contributed by atoms with Crippen molar-refractivity contribution in [3.05, 3.63) is 30.5 Å². The molecule has 8 heteroatoms.